The van der Waals surface area contributed by atoms with Crippen molar-refractivity contribution in [2.75, 3.05) is 33.3 Å². The van der Waals surface area contributed by atoms with Crippen LogP contribution in [-0.2, 0) is 6.42 Å². The fraction of sp³-hybridized carbons (Fsp3) is 0.538. The zero-order chi connectivity index (χ0) is 11.4. The maximum atomic E-state index is 5.86. The van der Waals surface area contributed by atoms with Gasteiger partial charge < -0.3 is 15.4 Å². The number of nitrogens with zero attached hydrogens (tertiary/aromatic N) is 1. The molecule has 1 aliphatic heterocycles. The Morgan fingerprint density at radius 3 is 2.81 bits per heavy atom. The molecule has 0 radical (unpaired) electrons. The Morgan fingerprint density at radius 2 is 2.12 bits per heavy atom. The molecule has 1 fully saturated rings. The molecule has 0 bridgehead atoms. The smallest absolute Gasteiger partial charge is 0.122 e. The standard InChI is InChI=1S/C13H20N2O/c1-15-8-11(9-15)10-16-13-5-3-2-4-12(13)6-7-14/h2-5,11H,6-10,14H2,1H3. The van der Waals surface area contributed by atoms with Gasteiger partial charge in [0.25, 0.3) is 0 Å². The highest BCUT2D eigenvalue weighted by molar-refractivity contribution is 5.33. The molecule has 0 aromatic heterocycles. The van der Waals surface area contributed by atoms with Gasteiger partial charge in [-0.05, 0) is 31.6 Å². The molecular formula is C13H20N2O. The minimum absolute atomic E-state index is 0.673. The van der Waals surface area contributed by atoms with Crippen LogP contribution in [0.15, 0.2) is 24.3 Å². The molecule has 0 atom stereocenters. The van der Waals surface area contributed by atoms with Gasteiger partial charge in [0.15, 0.2) is 0 Å². The molecule has 0 aliphatic carbocycles. The number of para-hydroxylation sites is 1. The van der Waals surface area contributed by atoms with Crippen molar-refractivity contribution in [1.82, 2.24) is 4.90 Å². The Labute approximate surface area is 97.2 Å². The largest absolute Gasteiger partial charge is 0.493 e. The molecule has 1 saturated heterocycles. The number of rotatable bonds is 5. The summed E-state index contributed by atoms with van der Waals surface area (Å²) in [7, 11) is 2.14. The Bertz CT molecular complexity index is 334. The molecule has 3 nitrogen and oxygen atoms in total. The van der Waals surface area contributed by atoms with Gasteiger partial charge in [-0.2, -0.15) is 0 Å². The first kappa shape index (κ1) is 11.4. The van der Waals surface area contributed by atoms with E-state index >= 15 is 0 Å². The third-order valence-corrected chi connectivity index (χ3v) is 3.00. The summed E-state index contributed by atoms with van der Waals surface area (Å²) in [5, 5.41) is 0. The second-order valence-electron chi connectivity index (χ2n) is 4.54. The molecular weight excluding hydrogens is 200 g/mol. The van der Waals surface area contributed by atoms with Crippen LogP contribution < -0.4 is 10.5 Å². The molecule has 1 aromatic rings. The van der Waals surface area contributed by atoms with E-state index in [1.807, 2.05) is 18.2 Å². The van der Waals surface area contributed by atoms with Gasteiger partial charge in [0.05, 0.1) is 6.61 Å². The number of hydrogen-bond acceptors (Lipinski definition) is 3. The highest BCUT2D eigenvalue weighted by Gasteiger charge is 2.23. The van der Waals surface area contributed by atoms with E-state index in [9.17, 15) is 0 Å². The van der Waals surface area contributed by atoms with Crippen LogP contribution in [0.1, 0.15) is 5.56 Å². The molecule has 0 amide bonds. The van der Waals surface area contributed by atoms with Crippen LogP contribution in [-0.4, -0.2) is 38.2 Å². The predicted octanol–water partition coefficient (Wildman–Crippen LogP) is 1.13. The topological polar surface area (TPSA) is 38.5 Å². The fourth-order valence-electron chi connectivity index (χ4n) is 2.15. The van der Waals surface area contributed by atoms with E-state index in [4.69, 9.17) is 10.5 Å². The number of benzene rings is 1. The molecule has 0 spiro atoms. The Kier molecular flexibility index (Phi) is 3.80. The van der Waals surface area contributed by atoms with E-state index in [0.29, 0.717) is 12.5 Å². The number of likely N-dealkylation sites (tertiary alicyclic amines) is 1. The first-order valence-electron chi connectivity index (χ1n) is 5.89. The molecule has 2 rings (SSSR count). The van der Waals surface area contributed by atoms with Gasteiger partial charge in [-0.1, -0.05) is 18.2 Å². The zero-order valence-corrected chi connectivity index (χ0v) is 9.86. The summed E-state index contributed by atoms with van der Waals surface area (Å²) < 4.78 is 5.86. The van der Waals surface area contributed by atoms with Gasteiger partial charge in [-0.3, -0.25) is 0 Å². The highest BCUT2D eigenvalue weighted by atomic mass is 16.5. The van der Waals surface area contributed by atoms with Crippen molar-refractivity contribution in [2.45, 2.75) is 6.42 Å². The predicted molar refractivity (Wildman–Crippen MR) is 65.7 cm³/mol. The van der Waals surface area contributed by atoms with E-state index < -0.39 is 0 Å². The lowest BCUT2D eigenvalue weighted by Gasteiger charge is -2.35. The van der Waals surface area contributed by atoms with E-state index in [-0.39, 0.29) is 0 Å². The number of ether oxygens (including phenoxy) is 1. The lowest BCUT2D eigenvalue weighted by molar-refractivity contribution is 0.0854. The molecule has 1 aliphatic rings. The molecule has 1 heterocycles. The summed E-state index contributed by atoms with van der Waals surface area (Å²) >= 11 is 0. The van der Waals surface area contributed by atoms with Crippen molar-refractivity contribution in [3.8, 4) is 5.75 Å². The van der Waals surface area contributed by atoms with Crippen LogP contribution in [0.2, 0.25) is 0 Å². The third kappa shape index (κ3) is 2.74. The molecule has 1 aromatic carbocycles. The summed E-state index contributed by atoms with van der Waals surface area (Å²) in [5.74, 6) is 1.69. The van der Waals surface area contributed by atoms with Crippen LogP contribution >= 0.6 is 0 Å². The average molecular weight is 220 g/mol. The molecule has 88 valence electrons. The number of nitrogens with two attached hydrogens (primary N) is 1. The third-order valence-electron chi connectivity index (χ3n) is 3.00. The van der Waals surface area contributed by atoms with Gasteiger partial charge >= 0.3 is 0 Å². The molecule has 2 N–H and O–H groups in total. The van der Waals surface area contributed by atoms with Crippen molar-refractivity contribution >= 4 is 0 Å². The van der Waals surface area contributed by atoms with E-state index in [1.54, 1.807) is 0 Å². The lowest BCUT2D eigenvalue weighted by atomic mass is 10.0. The van der Waals surface area contributed by atoms with Crippen molar-refractivity contribution in [1.29, 1.82) is 0 Å². The average Bonchev–Trinajstić information content (AvgIpc) is 2.25. The summed E-state index contributed by atoms with van der Waals surface area (Å²) in [6, 6.07) is 8.18. The van der Waals surface area contributed by atoms with Crippen molar-refractivity contribution in [3.05, 3.63) is 29.8 Å². The monoisotopic (exact) mass is 220 g/mol. The second-order valence-corrected chi connectivity index (χ2v) is 4.54. The van der Waals surface area contributed by atoms with E-state index in [2.05, 4.69) is 18.0 Å². The normalized spacial score (nSPS) is 17.1. The Morgan fingerprint density at radius 1 is 1.38 bits per heavy atom. The van der Waals surface area contributed by atoms with Crippen molar-refractivity contribution in [3.63, 3.8) is 0 Å². The maximum Gasteiger partial charge on any atom is 0.122 e. The Balaban J connectivity index is 1.87. The summed E-state index contributed by atoms with van der Waals surface area (Å²) in [6.07, 6.45) is 0.890. The minimum Gasteiger partial charge on any atom is -0.493 e. The van der Waals surface area contributed by atoms with Crippen LogP contribution in [0.25, 0.3) is 0 Å². The molecule has 3 heteroatoms. The maximum absolute atomic E-state index is 5.86. The van der Waals surface area contributed by atoms with Gasteiger partial charge in [0.1, 0.15) is 5.75 Å². The van der Waals surface area contributed by atoms with Gasteiger partial charge in [-0.15, -0.1) is 0 Å². The van der Waals surface area contributed by atoms with Crippen LogP contribution in [0.5, 0.6) is 5.75 Å². The minimum atomic E-state index is 0.673. The van der Waals surface area contributed by atoms with Gasteiger partial charge in [-0.25, -0.2) is 0 Å². The van der Waals surface area contributed by atoms with E-state index in [1.165, 1.54) is 5.56 Å². The van der Waals surface area contributed by atoms with E-state index in [0.717, 1.165) is 31.9 Å². The van der Waals surface area contributed by atoms with Crippen LogP contribution in [0, 0.1) is 5.92 Å². The SMILES string of the molecule is CN1CC(COc2ccccc2CCN)C1. The first-order chi connectivity index (χ1) is 7.79. The van der Waals surface area contributed by atoms with Crippen molar-refractivity contribution in [2.24, 2.45) is 11.7 Å². The second kappa shape index (κ2) is 5.32. The first-order valence-corrected chi connectivity index (χ1v) is 5.89. The Hall–Kier alpha value is -1.06. The molecule has 0 saturated carbocycles. The quantitative estimate of drug-likeness (QED) is 0.808. The fourth-order valence-corrected chi connectivity index (χ4v) is 2.15. The highest BCUT2D eigenvalue weighted by Crippen LogP contribution is 2.20. The van der Waals surface area contributed by atoms with Crippen LogP contribution in [0.4, 0.5) is 0 Å². The van der Waals surface area contributed by atoms with Gasteiger partial charge in [0, 0.05) is 19.0 Å². The zero-order valence-electron chi connectivity index (χ0n) is 9.86. The lowest BCUT2D eigenvalue weighted by Crippen LogP contribution is -2.46. The molecule has 0 unspecified atom stereocenters. The molecule has 16 heavy (non-hydrogen) atoms. The summed E-state index contributed by atoms with van der Waals surface area (Å²) in [5.41, 5.74) is 6.80. The summed E-state index contributed by atoms with van der Waals surface area (Å²) in [6.45, 7) is 3.80. The summed E-state index contributed by atoms with van der Waals surface area (Å²) in [4.78, 5) is 2.31. The number of hydrogen-bond donors (Lipinski definition) is 1. The van der Waals surface area contributed by atoms with Crippen LogP contribution in [0.3, 0.4) is 0 Å². The van der Waals surface area contributed by atoms with Crippen molar-refractivity contribution < 1.29 is 4.74 Å². The van der Waals surface area contributed by atoms with Gasteiger partial charge in [0.2, 0.25) is 0 Å².